The van der Waals surface area contributed by atoms with E-state index in [2.05, 4.69) is 5.32 Å². The smallest absolute Gasteiger partial charge is 0.339 e. The molecule has 2 aromatic carbocycles. The van der Waals surface area contributed by atoms with Crippen LogP contribution in [0.1, 0.15) is 37.8 Å². The summed E-state index contributed by atoms with van der Waals surface area (Å²) in [6, 6.07) is 8.28. The van der Waals surface area contributed by atoms with Crippen LogP contribution in [-0.2, 0) is 24.5 Å². The van der Waals surface area contributed by atoms with Crippen molar-refractivity contribution in [1.29, 1.82) is 0 Å². The number of nitrogens with one attached hydrogen (secondary N) is 1. The quantitative estimate of drug-likeness (QED) is 0.512. The van der Waals surface area contributed by atoms with E-state index >= 15 is 0 Å². The number of rotatable bonds is 3. The van der Waals surface area contributed by atoms with Crippen LogP contribution in [0.3, 0.4) is 0 Å². The van der Waals surface area contributed by atoms with Crippen LogP contribution in [0.15, 0.2) is 53.0 Å². The molecule has 0 aromatic heterocycles. The molecule has 0 saturated heterocycles. The Hall–Kier alpha value is -3.49. The van der Waals surface area contributed by atoms with Gasteiger partial charge in [0.2, 0.25) is 5.91 Å². The Morgan fingerprint density at radius 3 is 2.47 bits per heavy atom. The number of anilines is 2. The Morgan fingerprint density at radius 1 is 1.11 bits per heavy atom. The summed E-state index contributed by atoms with van der Waals surface area (Å²) in [5.74, 6) is -1.36. The summed E-state index contributed by atoms with van der Waals surface area (Å²) in [7, 11) is 2.69. The molecule has 1 atom stereocenters. The number of hydrogen-bond donors (Lipinski definition) is 2. The Bertz CT molecular complexity index is 1510. The number of benzene rings is 2. The predicted molar refractivity (Wildman–Crippen MR) is 145 cm³/mol. The zero-order chi connectivity index (χ0) is 27.7. The molecular formula is C28H27Cl2N3O5. The highest BCUT2D eigenvalue weighted by Crippen LogP contribution is 2.58. The summed E-state index contributed by atoms with van der Waals surface area (Å²) in [6.45, 7) is 5.77. The lowest BCUT2D eigenvalue weighted by Crippen LogP contribution is -2.54. The third-order valence-corrected chi connectivity index (χ3v) is 8.08. The largest absolute Gasteiger partial charge is 0.495 e. The topological polar surface area (TPSA) is 111 Å². The molecule has 1 aliphatic carbocycles. The molecule has 3 aliphatic rings. The highest BCUT2D eigenvalue weighted by molar-refractivity contribution is 6.32. The number of allylic oxidation sites excluding steroid dienone is 1. The molecule has 0 fully saturated rings. The Labute approximate surface area is 230 Å². The molecule has 38 heavy (non-hydrogen) atoms. The minimum Gasteiger partial charge on any atom is -0.495 e. The molecule has 2 aromatic rings. The van der Waals surface area contributed by atoms with Crippen LogP contribution in [-0.4, -0.2) is 31.9 Å². The molecule has 10 heteroatoms. The van der Waals surface area contributed by atoms with Crippen molar-refractivity contribution in [1.82, 2.24) is 0 Å². The van der Waals surface area contributed by atoms with Gasteiger partial charge in [-0.3, -0.25) is 14.5 Å². The number of carbonyl (C=O) groups is 3. The van der Waals surface area contributed by atoms with Gasteiger partial charge in [-0.2, -0.15) is 0 Å². The first-order valence-electron chi connectivity index (χ1n) is 12.0. The third-order valence-electron chi connectivity index (χ3n) is 7.43. The molecule has 5 rings (SSSR count). The van der Waals surface area contributed by atoms with Crippen LogP contribution in [0.2, 0.25) is 10.0 Å². The standard InChI is InChI=1S/C28H27Cl2N3O5/c1-13-8-18(21(37-4)10-16(13)30)33-19-11-27(2,3)12-20(34)22(19)28(23(24(33)31)25(35)38-5)15-9-14(29)6-7-17(15)32-26(28)36/h6-10H,11-12,31H2,1-5H3,(H,32,36). The maximum atomic E-state index is 14.1. The summed E-state index contributed by atoms with van der Waals surface area (Å²) < 4.78 is 10.8. The van der Waals surface area contributed by atoms with Crippen molar-refractivity contribution in [3.63, 3.8) is 0 Å². The Balaban J connectivity index is 1.96. The Morgan fingerprint density at radius 2 is 1.82 bits per heavy atom. The maximum absolute atomic E-state index is 14.1. The third kappa shape index (κ3) is 3.54. The molecular weight excluding hydrogens is 529 g/mol. The number of ether oxygens (including phenoxy) is 2. The molecule has 198 valence electrons. The van der Waals surface area contributed by atoms with Crippen molar-refractivity contribution in [3.8, 4) is 5.75 Å². The first-order chi connectivity index (χ1) is 17.9. The molecule has 2 aliphatic heterocycles. The van der Waals surface area contributed by atoms with Gasteiger partial charge in [0.1, 0.15) is 22.6 Å². The van der Waals surface area contributed by atoms with E-state index < -0.39 is 22.7 Å². The van der Waals surface area contributed by atoms with Crippen LogP contribution in [0.4, 0.5) is 11.4 Å². The Kier molecular flexibility index (Phi) is 6.04. The van der Waals surface area contributed by atoms with Gasteiger partial charge in [0.25, 0.3) is 0 Å². The minimum absolute atomic E-state index is 0.0518. The summed E-state index contributed by atoms with van der Waals surface area (Å²) in [5.41, 5.74) is 7.07. The van der Waals surface area contributed by atoms with E-state index in [9.17, 15) is 14.4 Å². The van der Waals surface area contributed by atoms with Gasteiger partial charge in [0, 0.05) is 45.1 Å². The highest BCUT2D eigenvalue weighted by Gasteiger charge is 2.63. The highest BCUT2D eigenvalue weighted by atomic mass is 35.5. The van der Waals surface area contributed by atoms with Crippen LogP contribution in [0.25, 0.3) is 0 Å². The van der Waals surface area contributed by atoms with Crippen LogP contribution in [0, 0.1) is 12.3 Å². The minimum atomic E-state index is -1.84. The fourth-order valence-electron chi connectivity index (χ4n) is 5.87. The van der Waals surface area contributed by atoms with Crippen molar-refractivity contribution in [3.05, 3.63) is 74.2 Å². The van der Waals surface area contributed by atoms with Gasteiger partial charge in [-0.1, -0.05) is 37.0 Å². The summed E-state index contributed by atoms with van der Waals surface area (Å²) in [5, 5.41) is 3.65. The molecule has 0 radical (unpaired) electrons. The van der Waals surface area contributed by atoms with Crippen molar-refractivity contribution in [2.24, 2.45) is 11.1 Å². The number of amides is 1. The first kappa shape index (κ1) is 26.1. The van der Waals surface area contributed by atoms with E-state index in [4.69, 9.17) is 38.4 Å². The number of Topliss-reactive ketones (excluding diaryl/α,β-unsaturated/α-hetero) is 1. The first-order valence-corrected chi connectivity index (χ1v) is 12.7. The number of methoxy groups -OCH3 is 2. The van der Waals surface area contributed by atoms with E-state index in [-0.39, 0.29) is 29.2 Å². The summed E-state index contributed by atoms with van der Waals surface area (Å²) in [4.78, 5) is 43.3. The number of esters is 1. The van der Waals surface area contributed by atoms with E-state index in [0.717, 1.165) is 5.56 Å². The average molecular weight is 556 g/mol. The normalized spacial score (nSPS) is 21.9. The molecule has 0 saturated carbocycles. The van der Waals surface area contributed by atoms with Gasteiger partial charge in [-0.05, 0) is 48.6 Å². The molecule has 1 amide bonds. The fourth-order valence-corrected chi connectivity index (χ4v) is 6.20. The summed E-state index contributed by atoms with van der Waals surface area (Å²) >= 11 is 12.8. The number of nitrogens with zero attached hydrogens (tertiary/aromatic N) is 1. The van der Waals surface area contributed by atoms with Crippen molar-refractivity contribution < 1.29 is 23.9 Å². The van der Waals surface area contributed by atoms with Gasteiger partial charge in [0.05, 0.1) is 19.9 Å². The van der Waals surface area contributed by atoms with Gasteiger partial charge in [0.15, 0.2) is 5.78 Å². The lowest BCUT2D eigenvalue weighted by atomic mass is 9.60. The molecule has 3 N–H and O–H groups in total. The van der Waals surface area contributed by atoms with Crippen molar-refractivity contribution in [2.45, 2.75) is 39.0 Å². The lowest BCUT2D eigenvalue weighted by Gasteiger charge is -2.47. The lowest BCUT2D eigenvalue weighted by molar-refractivity contribution is -0.138. The maximum Gasteiger partial charge on any atom is 0.339 e. The number of fused-ring (bicyclic) bond motifs is 3. The van der Waals surface area contributed by atoms with Gasteiger partial charge < -0.3 is 20.5 Å². The van der Waals surface area contributed by atoms with Gasteiger partial charge in [-0.15, -0.1) is 0 Å². The monoisotopic (exact) mass is 555 g/mol. The number of nitrogens with two attached hydrogens (primary N) is 1. The second-order valence-corrected chi connectivity index (χ2v) is 11.4. The SMILES string of the molecule is COC(=O)C1=C(N)N(c2cc(C)c(Cl)cc2OC)C2=C(C(=O)CC(C)(C)C2)C12C(=O)Nc1ccc(Cl)cc12. The molecule has 1 unspecified atom stereocenters. The van der Waals surface area contributed by atoms with Gasteiger partial charge in [-0.25, -0.2) is 4.79 Å². The van der Waals surface area contributed by atoms with Crippen LogP contribution in [0.5, 0.6) is 5.75 Å². The van der Waals surface area contributed by atoms with Crippen LogP contribution >= 0.6 is 23.2 Å². The number of aryl methyl sites for hydroxylation is 1. The van der Waals surface area contributed by atoms with E-state index in [1.54, 1.807) is 35.2 Å². The van der Waals surface area contributed by atoms with Crippen LogP contribution < -0.4 is 20.7 Å². The second kappa shape index (κ2) is 8.78. The molecule has 0 bridgehead atoms. The van der Waals surface area contributed by atoms with Crippen molar-refractivity contribution in [2.75, 3.05) is 24.4 Å². The van der Waals surface area contributed by atoms with E-state index in [1.807, 2.05) is 20.8 Å². The van der Waals surface area contributed by atoms with Crippen molar-refractivity contribution >= 4 is 52.2 Å². The zero-order valence-corrected chi connectivity index (χ0v) is 23.1. The predicted octanol–water partition coefficient (Wildman–Crippen LogP) is 5.01. The zero-order valence-electron chi connectivity index (χ0n) is 21.6. The number of carbonyl (C=O) groups excluding carboxylic acids is 3. The van der Waals surface area contributed by atoms with Gasteiger partial charge >= 0.3 is 5.97 Å². The van der Waals surface area contributed by atoms with E-state index in [0.29, 0.717) is 44.9 Å². The molecule has 1 spiro atoms. The molecule has 8 nitrogen and oxygen atoms in total. The second-order valence-electron chi connectivity index (χ2n) is 10.5. The number of ketones is 1. The summed E-state index contributed by atoms with van der Waals surface area (Å²) in [6.07, 6.45) is 0.550. The molecule has 2 heterocycles. The number of halogens is 2. The average Bonchev–Trinajstić information content (AvgIpc) is 3.11. The fraction of sp³-hybridized carbons (Fsp3) is 0.321. The number of hydrogen-bond acceptors (Lipinski definition) is 7. The van der Waals surface area contributed by atoms with E-state index in [1.165, 1.54) is 14.2 Å².